The molecule has 0 saturated heterocycles. The lowest BCUT2D eigenvalue weighted by Gasteiger charge is -2.23. The molecule has 2 bridgehead atoms. The number of halogens is 1. The lowest BCUT2D eigenvalue weighted by molar-refractivity contribution is 0.128. The molecule has 0 amide bonds. The number of thiophene rings is 1. The zero-order valence-electron chi connectivity index (χ0n) is 10.2. The van der Waals surface area contributed by atoms with Gasteiger partial charge in [0.1, 0.15) is 0 Å². The fourth-order valence-electron chi connectivity index (χ4n) is 3.72. The summed E-state index contributed by atoms with van der Waals surface area (Å²) < 4.78 is 1.17. The highest BCUT2D eigenvalue weighted by atomic mass is 79.9. The molecule has 94 valence electrons. The van der Waals surface area contributed by atoms with Crippen LogP contribution in [-0.4, -0.2) is 5.11 Å². The minimum atomic E-state index is -0.241. The summed E-state index contributed by atoms with van der Waals surface area (Å²) in [5.41, 5.74) is 1.25. The maximum Gasteiger partial charge on any atom is 0.0885 e. The Morgan fingerprint density at radius 1 is 1.47 bits per heavy atom. The van der Waals surface area contributed by atoms with Crippen molar-refractivity contribution >= 4 is 27.3 Å². The molecule has 0 spiro atoms. The average Bonchev–Trinajstić information content (AvgIpc) is 2.95. The lowest BCUT2D eigenvalue weighted by atomic mass is 9.84. The predicted octanol–water partition coefficient (Wildman–Crippen LogP) is 4.68. The van der Waals surface area contributed by atoms with Crippen molar-refractivity contribution in [2.75, 3.05) is 0 Å². The highest BCUT2D eigenvalue weighted by molar-refractivity contribution is 9.11. The van der Waals surface area contributed by atoms with E-state index in [0.29, 0.717) is 0 Å². The van der Waals surface area contributed by atoms with E-state index in [-0.39, 0.29) is 6.10 Å². The van der Waals surface area contributed by atoms with Crippen LogP contribution in [0.15, 0.2) is 9.85 Å². The third-order valence-electron chi connectivity index (χ3n) is 4.62. The first-order chi connectivity index (χ1) is 8.13. The number of hydrogen-bond donors (Lipinski definition) is 1. The third-order valence-corrected chi connectivity index (χ3v) is 6.85. The van der Waals surface area contributed by atoms with Crippen molar-refractivity contribution in [3.05, 3.63) is 20.3 Å². The Morgan fingerprint density at radius 3 is 2.82 bits per heavy atom. The van der Waals surface area contributed by atoms with E-state index in [9.17, 15) is 5.11 Å². The van der Waals surface area contributed by atoms with Gasteiger partial charge >= 0.3 is 0 Å². The fourth-order valence-corrected chi connectivity index (χ4v) is 5.29. The van der Waals surface area contributed by atoms with Crippen LogP contribution in [0.4, 0.5) is 0 Å². The van der Waals surface area contributed by atoms with Crippen LogP contribution < -0.4 is 0 Å². The fraction of sp³-hybridized carbons (Fsp3) is 0.714. The van der Waals surface area contributed by atoms with Crippen LogP contribution in [0.3, 0.4) is 0 Å². The van der Waals surface area contributed by atoms with Gasteiger partial charge in [0.05, 0.1) is 9.89 Å². The van der Waals surface area contributed by atoms with Crippen molar-refractivity contribution < 1.29 is 5.11 Å². The van der Waals surface area contributed by atoms with Gasteiger partial charge in [-0.2, -0.15) is 0 Å². The number of fused-ring (bicyclic) bond motifs is 2. The minimum absolute atomic E-state index is 0.241. The quantitative estimate of drug-likeness (QED) is 0.859. The molecule has 2 fully saturated rings. The van der Waals surface area contributed by atoms with E-state index in [2.05, 4.69) is 28.9 Å². The van der Waals surface area contributed by atoms with E-state index in [1.54, 1.807) is 11.3 Å². The van der Waals surface area contributed by atoms with Crippen molar-refractivity contribution in [2.45, 2.75) is 45.1 Å². The Kier molecular flexibility index (Phi) is 3.35. The second kappa shape index (κ2) is 4.67. The van der Waals surface area contributed by atoms with Crippen molar-refractivity contribution in [3.8, 4) is 0 Å². The van der Waals surface area contributed by atoms with Gasteiger partial charge in [0.25, 0.3) is 0 Å². The molecular formula is C14H19BrOS. The Labute approximate surface area is 115 Å². The Bertz CT molecular complexity index is 395. The van der Waals surface area contributed by atoms with Crippen LogP contribution in [0.2, 0.25) is 0 Å². The summed E-state index contributed by atoms with van der Waals surface area (Å²) in [5.74, 6) is 2.68. The van der Waals surface area contributed by atoms with Crippen LogP contribution in [0.5, 0.6) is 0 Å². The first-order valence-electron chi connectivity index (χ1n) is 6.57. The van der Waals surface area contributed by atoms with Gasteiger partial charge in [0.2, 0.25) is 0 Å². The van der Waals surface area contributed by atoms with Gasteiger partial charge in [0.15, 0.2) is 0 Å². The molecule has 0 radical (unpaired) electrons. The van der Waals surface area contributed by atoms with Crippen LogP contribution in [0, 0.1) is 24.7 Å². The Balaban J connectivity index is 1.65. The Hall–Kier alpha value is 0.140. The smallest absolute Gasteiger partial charge is 0.0885 e. The third kappa shape index (κ3) is 2.34. The summed E-state index contributed by atoms with van der Waals surface area (Å²) in [6, 6.07) is 2.13. The maximum atomic E-state index is 10.3. The molecule has 3 heteroatoms. The molecule has 4 unspecified atom stereocenters. The maximum absolute atomic E-state index is 10.3. The summed E-state index contributed by atoms with van der Waals surface area (Å²) in [4.78, 5) is 1.14. The monoisotopic (exact) mass is 314 g/mol. The number of aliphatic hydroxyl groups is 1. The van der Waals surface area contributed by atoms with E-state index in [1.165, 1.54) is 35.0 Å². The van der Waals surface area contributed by atoms with Crippen LogP contribution in [0.1, 0.15) is 48.6 Å². The lowest BCUT2D eigenvalue weighted by Crippen LogP contribution is -2.13. The van der Waals surface area contributed by atoms with Gasteiger partial charge in [0, 0.05) is 4.88 Å². The summed E-state index contributed by atoms with van der Waals surface area (Å²) in [6.07, 6.45) is 6.40. The molecule has 3 rings (SSSR count). The molecule has 1 aromatic rings. The molecule has 4 atom stereocenters. The van der Waals surface area contributed by atoms with Gasteiger partial charge in [-0.3, -0.25) is 0 Å². The van der Waals surface area contributed by atoms with E-state index < -0.39 is 0 Å². The summed E-state index contributed by atoms with van der Waals surface area (Å²) in [5, 5.41) is 10.3. The van der Waals surface area contributed by atoms with Gasteiger partial charge in [-0.15, -0.1) is 11.3 Å². The Morgan fingerprint density at radius 2 is 2.29 bits per heavy atom. The molecule has 2 aliphatic rings. The molecule has 17 heavy (non-hydrogen) atoms. The van der Waals surface area contributed by atoms with E-state index in [1.807, 2.05) is 0 Å². The van der Waals surface area contributed by atoms with E-state index in [0.717, 1.165) is 29.1 Å². The molecular weight excluding hydrogens is 296 g/mol. The normalized spacial score (nSPS) is 33.2. The van der Waals surface area contributed by atoms with Gasteiger partial charge < -0.3 is 5.11 Å². The first kappa shape index (κ1) is 12.2. The van der Waals surface area contributed by atoms with E-state index >= 15 is 0 Å². The molecule has 0 aromatic carbocycles. The second-order valence-electron chi connectivity index (χ2n) is 5.79. The molecule has 1 nitrogen and oxygen atoms in total. The molecule has 2 aliphatic carbocycles. The van der Waals surface area contributed by atoms with Crippen molar-refractivity contribution in [2.24, 2.45) is 17.8 Å². The summed E-state index contributed by atoms with van der Waals surface area (Å²) >= 11 is 5.23. The van der Waals surface area contributed by atoms with Crippen molar-refractivity contribution in [1.82, 2.24) is 0 Å². The molecule has 0 aliphatic heterocycles. The van der Waals surface area contributed by atoms with Gasteiger partial charge in [-0.05, 0) is 77.9 Å². The topological polar surface area (TPSA) is 20.2 Å². The second-order valence-corrected chi connectivity index (χ2v) is 8.19. The zero-order chi connectivity index (χ0) is 12.0. The summed E-state index contributed by atoms with van der Waals surface area (Å²) in [7, 11) is 0. The molecule has 1 aromatic heterocycles. The van der Waals surface area contributed by atoms with E-state index in [4.69, 9.17) is 0 Å². The largest absolute Gasteiger partial charge is 0.388 e. The van der Waals surface area contributed by atoms with Crippen molar-refractivity contribution in [1.29, 1.82) is 0 Å². The SMILES string of the molecule is Cc1cc(C(O)CC2CC3CCC2C3)sc1Br. The van der Waals surface area contributed by atoms with Crippen molar-refractivity contribution in [3.63, 3.8) is 0 Å². The molecule has 2 saturated carbocycles. The highest BCUT2D eigenvalue weighted by Crippen LogP contribution is 2.51. The number of rotatable bonds is 3. The molecule has 1 N–H and O–H groups in total. The summed E-state index contributed by atoms with van der Waals surface area (Å²) in [6.45, 7) is 2.09. The number of aryl methyl sites for hydroxylation is 1. The highest BCUT2D eigenvalue weighted by Gasteiger charge is 2.40. The van der Waals surface area contributed by atoms with Gasteiger partial charge in [-0.1, -0.05) is 6.42 Å². The predicted molar refractivity (Wildman–Crippen MR) is 75.3 cm³/mol. The standard InChI is InChI=1S/C14H19BrOS/c1-8-4-13(17-14(8)15)12(16)7-11-6-9-2-3-10(11)5-9/h4,9-12,16H,2-3,5-7H2,1H3. The zero-order valence-corrected chi connectivity index (χ0v) is 12.6. The van der Waals surface area contributed by atoms with Crippen LogP contribution in [-0.2, 0) is 0 Å². The number of aliphatic hydroxyl groups excluding tert-OH is 1. The van der Waals surface area contributed by atoms with Crippen LogP contribution in [0.25, 0.3) is 0 Å². The number of hydrogen-bond acceptors (Lipinski definition) is 2. The first-order valence-corrected chi connectivity index (χ1v) is 8.18. The minimum Gasteiger partial charge on any atom is -0.388 e. The van der Waals surface area contributed by atoms with Gasteiger partial charge in [-0.25, -0.2) is 0 Å². The molecule has 1 heterocycles. The van der Waals surface area contributed by atoms with Crippen LogP contribution >= 0.6 is 27.3 Å². The average molecular weight is 315 g/mol.